The summed E-state index contributed by atoms with van der Waals surface area (Å²) in [7, 11) is 3.26. The summed E-state index contributed by atoms with van der Waals surface area (Å²) in [6.07, 6.45) is -0.397. The number of ether oxygens (including phenoxy) is 1. The van der Waals surface area contributed by atoms with Crippen LogP contribution < -0.4 is 0 Å². The summed E-state index contributed by atoms with van der Waals surface area (Å²) in [5.41, 5.74) is 0. The predicted molar refractivity (Wildman–Crippen MR) is 45.8 cm³/mol. The topological polar surface area (TPSA) is 29.5 Å². The van der Waals surface area contributed by atoms with Gasteiger partial charge in [0.25, 0.3) is 0 Å². The molecule has 58 valence electrons. The molecule has 0 saturated carbocycles. The van der Waals surface area contributed by atoms with Crippen molar-refractivity contribution in [3.05, 3.63) is 11.2 Å². The molecule has 10 heavy (non-hydrogen) atoms. The third-order valence-corrected chi connectivity index (χ3v) is 3.12. The first kappa shape index (κ1) is 8.30. The highest BCUT2D eigenvalue weighted by molar-refractivity contribution is 8.77. The molecule has 0 saturated heterocycles. The first-order valence-corrected chi connectivity index (χ1v) is 5.52. The zero-order valence-corrected chi connectivity index (χ0v) is 7.37. The number of hydrogen-bond donors (Lipinski definition) is 1. The minimum absolute atomic E-state index is 0.397. The molecule has 0 aliphatic carbocycles. The molecule has 0 fully saturated rings. The lowest BCUT2D eigenvalue weighted by molar-refractivity contribution is 0.122. The van der Waals surface area contributed by atoms with Gasteiger partial charge in [0.2, 0.25) is 0 Å². The molecule has 0 unspecified atom stereocenters. The van der Waals surface area contributed by atoms with E-state index in [-0.39, 0.29) is 0 Å². The molecule has 1 atom stereocenters. The van der Waals surface area contributed by atoms with Gasteiger partial charge in [0.1, 0.15) is 11.9 Å². The summed E-state index contributed by atoms with van der Waals surface area (Å²) in [5.74, 6) is 1.45. The van der Waals surface area contributed by atoms with Crippen molar-refractivity contribution in [2.75, 3.05) is 12.4 Å². The van der Waals surface area contributed by atoms with E-state index in [4.69, 9.17) is 4.74 Å². The van der Waals surface area contributed by atoms with Crippen LogP contribution in [-0.2, 0) is 4.74 Å². The van der Waals surface area contributed by atoms with Gasteiger partial charge in [0.05, 0.1) is 6.61 Å². The fraction of sp³-hybridized carbons (Fsp3) is 0.667. The molecule has 1 N–H and O–H groups in total. The molecule has 0 amide bonds. The van der Waals surface area contributed by atoms with Crippen LogP contribution in [0.4, 0.5) is 0 Å². The minimum Gasteiger partial charge on any atom is -0.495 e. The molecule has 1 aliphatic heterocycles. The lowest BCUT2D eigenvalue weighted by Gasteiger charge is -2.17. The van der Waals surface area contributed by atoms with Gasteiger partial charge in [0.15, 0.2) is 0 Å². The summed E-state index contributed by atoms with van der Waals surface area (Å²) < 4.78 is 5.17. The van der Waals surface area contributed by atoms with Crippen molar-refractivity contribution in [3.8, 4) is 0 Å². The van der Waals surface area contributed by atoms with Crippen LogP contribution in [0.25, 0.3) is 0 Å². The Bertz CT molecular complexity index is 136. The third kappa shape index (κ3) is 2.11. The lowest BCUT2D eigenvalue weighted by Crippen LogP contribution is -2.17. The van der Waals surface area contributed by atoms with Crippen molar-refractivity contribution in [1.82, 2.24) is 0 Å². The Labute approximate surface area is 68.4 Å². The van der Waals surface area contributed by atoms with Crippen LogP contribution >= 0.6 is 21.6 Å². The van der Waals surface area contributed by atoms with Gasteiger partial charge in [-0.05, 0) is 6.92 Å². The molecule has 0 bridgehead atoms. The van der Waals surface area contributed by atoms with E-state index in [1.165, 1.54) is 0 Å². The number of aliphatic hydroxyl groups is 1. The Morgan fingerprint density at radius 3 is 3.30 bits per heavy atom. The van der Waals surface area contributed by atoms with Crippen LogP contribution in [0.5, 0.6) is 0 Å². The van der Waals surface area contributed by atoms with Gasteiger partial charge >= 0.3 is 0 Å². The van der Waals surface area contributed by atoms with Gasteiger partial charge in [-0.15, -0.1) is 0 Å². The van der Waals surface area contributed by atoms with Crippen molar-refractivity contribution in [2.45, 2.75) is 13.0 Å². The monoisotopic (exact) mass is 178 g/mol. The molecular weight excluding hydrogens is 168 g/mol. The fourth-order valence-corrected chi connectivity index (χ4v) is 2.51. The quantitative estimate of drug-likeness (QED) is 0.651. The standard InChI is InChI=1S/C6H10O2S2/c1-2-8-6-4-10-9-3-5(6)7/h4-5,7H,2-3H2,1H3/t5-/m1/s1. The van der Waals surface area contributed by atoms with Crippen LogP contribution in [-0.4, -0.2) is 23.6 Å². The molecule has 4 heteroatoms. The van der Waals surface area contributed by atoms with Crippen LogP contribution in [0.3, 0.4) is 0 Å². The number of rotatable bonds is 2. The summed E-state index contributed by atoms with van der Waals surface area (Å²) in [4.78, 5) is 0. The number of aliphatic hydroxyl groups excluding tert-OH is 1. The molecule has 0 aromatic heterocycles. The van der Waals surface area contributed by atoms with Gasteiger partial charge in [-0.2, -0.15) is 0 Å². The first-order valence-electron chi connectivity index (χ1n) is 3.13. The number of hydrogen-bond acceptors (Lipinski definition) is 4. The van der Waals surface area contributed by atoms with E-state index < -0.39 is 6.10 Å². The van der Waals surface area contributed by atoms with Crippen molar-refractivity contribution in [3.63, 3.8) is 0 Å². The average molecular weight is 178 g/mol. The largest absolute Gasteiger partial charge is 0.495 e. The van der Waals surface area contributed by atoms with Crippen molar-refractivity contribution >= 4 is 21.6 Å². The maximum Gasteiger partial charge on any atom is 0.132 e. The molecule has 0 aromatic rings. The highest BCUT2D eigenvalue weighted by Crippen LogP contribution is 2.32. The van der Waals surface area contributed by atoms with Gasteiger partial charge in [-0.25, -0.2) is 0 Å². The van der Waals surface area contributed by atoms with Gasteiger partial charge in [-0.1, -0.05) is 21.6 Å². The van der Waals surface area contributed by atoms with E-state index in [0.29, 0.717) is 12.4 Å². The third-order valence-electron chi connectivity index (χ3n) is 1.10. The summed E-state index contributed by atoms with van der Waals surface area (Å²) in [5, 5.41) is 11.1. The Hall–Kier alpha value is 0.200. The Morgan fingerprint density at radius 1 is 1.90 bits per heavy atom. The second-order valence-electron chi connectivity index (χ2n) is 1.85. The molecule has 0 aromatic carbocycles. The van der Waals surface area contributed by atoms with Crippen LogP contribution in [0.1, 0.15) is 6.92 Å². The molecule has 0 spiro atoms. The highest BCUT2D eigenvalue weighted by Gasteiger charge is 2.15. The second-order valence-corrected chi connectivity index (χ2v) is 4.13. The molecule has 0 radical (unpaired) electrons. The van der Waals surface area contributed by atoms with Gasteiger partial charge in [0, 0.05) is 11.2 Å². The van der Waals surface area contributed by atoms with E-state index in [1.54, 1.807) is 21.6 Å². The molecule has 1 heterocycles. The van der Waals surface area contributed by atoms with E-state index in [9.17, 15) is 5.11 Å². The van der Waals surface area contributed by atoms with Crippen molar-refractivity contribution < 1.29 is 9.84 Å². The Kier molecular flexibility index (Phi) is 3.45. The minimum atomic E-state index is -0.397. The summed E-state index contributed by atoms with van der Waals surface area (Å²) in [6, 6.07) is 0. The Morgan fingerprint density at radius 2 is 2.70 bits per heavy atom. The highest BCUT2D eigenvalue weighted by atomic mass is 33.1. The predicted octanol–water partition coefficient (Wildman–Crippen LogP) is 1.62. The van der Waals surface area contributed by atoms with Gasteiger partial charge in [-0.3, -0.25) is 0 Å². The average Bonchev–Trinajstić information content (AvgIpc) is 1.94. The smallest absolute Gasteiger partial charge is 0.132 e. The molecular formula is C6H10O2S2. The zero-order valence-electron chi connectivity index (χ0n) is 5.74. The fourth-order valence-electron chi connectivity index (χ4n) is 0.643. The van der Waals surface area contributed by atoms with Crippen molar-refractivity contribution in [2.24, 2.45) is 0 Å². The molecule has 1 rings (SSSR count). The normalized spacial score (nSPS) is 25.8. The van der Waals surface area contributed by atoms with E-state index in [2.05, 4.69) is 0 Å². The van der Waals surface area contributed by atoms with E-state index in [0.717, 1.165) is 5.75 Å². The van der Waals surface area contributed by atoms with E-state index in [1.807, 2.05) is 12.3 Å². The van der Waals surface area contributed by atoms with Crippen LogP contribution in [0.15, 0.2) is 11.2 Å². The summed E-state index contributed by atoms with van der Waals surface area (Å²) in [6.45, 7) is 2.55. The van der Waals surface area contributed by atoms with Crippen molar-refractivity contribution in [1.29, 1.82) is 0 Å². The lowest BCUT2D eigenvalue weighted by atomic mass is 10.3. The maximum atomic E-state index is 9.27. The summed E-state index contributed by atoms with van der Waals surface area (Å²) >= 11 is 0. The first-order chi connectivity index (χ1) is 4.84. The van der Waals surface area contributed by atoms with Crippen LogP contribution in [0, 0.1) is 0 Å². The van der Waals surface area contributed by atoms with E-state index >= 15 is 0 Å². The zero-order chi connectivity index (χ0) is 7.40. The SMILES string of the molecule is CCOC1=CSSC[C@H]1O. The van der Waals surface area contributed by atoms with Crippen LogP contribution in [0.2, 0.25) is 0 Å². The maximum absolute atomic E-state index is 9.27. The molecule has 2 nitrogen and oxygen atoms in total. The molecule has 1 aliphatic rings. The second kappa shape index (κ2) is 4.16. The Balaban J connectivity index is 2.44. The van der Waals surface area contributed by atoms with Gasteiger partial charge < -0.3 is 9.84 Å².